The SMILES string of the molecule is COCCOCCCNC1CCC(SC)C1. The van der Waals surface area contributed by atoms with Gasteiger partial charge in [0.15, 0.2) is 0 Å². The van der Waals surface area contributed by atoms with E-state index >= 15 is 0 Å². The fourth-order valence-electron chi connectivity index (χ4n) is 2.06. The fourth-order valence-corrected chi connectivity index (χ4v) is 2.86. The zero-order chi connectivity index (χ0) is 11.6. The summed E-state index contributed by atoms with van der Waals surface area (Å²) in [5, 5.41) is 4.50. The number of thioether (sulfide) groups is 1. The molecule has 0 spiro atoms. The summed E-state index contributed by atoms with van der Waals surface area (Å²) >= 11 is 2.01. The highest BCUT2D eigenvalue weighted by Crippen LogP contribution is 2.27. The van der Waals surface area contributed by atoms with Crippen LogP contribution in [-0.4, -0.2) is 51.0 Å². The lowest BCUT2D eigenvalue weighted by Gasteiger charge is -2.12. The summed E-state index contributed by atoms with van der Waals surface area (Å²) in [5.41, 5.74) is 0. The van der Waals surface area contributed by atoms with Gasteiger partial charge in [0.25, 0.3) is 0 Å². The molecule has 1 N–H and O–H groups in total. The third-order valence-corrected chi connectivity index (χ3v) is 4.14. The zero-order valence-electron chi connectivity index (χ0n) is 10.5. The number of ether oxygens (including phenoxy) is 2. The topological polar surface area (TPSA) is 30.5 Å². The Bertz CT molecular complexity index is 169. The van der Waals surface area contributed by atoms with Crippen molar-refractivity contribution in [2.75, 3.05) is 39.7 Å². The van der Waals surface area contributed by atoms with Crippen LogP contribution in [0.1, 0.15) is 25.7 Å². The maximum atomic E-state index is 5.41. The second kappa shape index (κ2) is 9.28. The Hall–Kier alpha value is 0.230. The highest BCUT2D eigenvalue weighted by molar-refractivity contribution is 7.99. The van der Waals surface area contributed by atoms with Crippen LogP contribution in [0.25, 0.3) is 0 Å². The van der Waals surface area contributed by atoms with Gasteiger partial charge in [0.1, 0.15) is 0 Å². The molecule has 16 heavy (non-hydrogen) atoms. The van der Waals surface area contributed by atoms with Gasteiger partial charge in [-0.3, -0.25) is 0 Å². The Kier molecular flexibility index (Phi) is 8.29. The quantitative estimate of drug-likeness (QED) is 0.631. The third-order valence-electron chi connectivity index (χ3n) is 3.05. The highest BCUT2D eigenvalue weighted by Gasteiger charge is 2.22. The molecule has 0 aromatic heterocycles. The lowest BCUT2D eigenvalue weighted by atomic mass is 10.2. The predicted molar refractivity (Wildman–Crippen MR) is 70.3 cm³/mol. The minimum Gasteiger partial charge on any atom is -0.382 e. The van der Waals surface area contributed by atoms with E-state index in [1.54, 1.807) is 7.11 Å². The summed E-state index contributed by atoms with van der Waals surface area (Å²) in [5.74, 6) is 0. The van der Waals surface area contributed by atoms with E-state index in [2.05, 4.69) is 11.6 Å². The monoisotopic (exact) mass is 247 g/mol. The van der Waals surface area contributed by atoms with Crippen molar-refractivity contribution in [3.05, 3.63) is 0 Å². The molecule has 0 radical (unpaired) electrons. The Morgan fingerprint density at radius 2 is 2.12 bits per heavy atom. The van der Waals surface area contributed by atoms with Crippen molar-refractivity contribution in [2.24, 2.45) is 0 Å². The molecular formula is C12H25NO2S. The molecule has 1 aliphatic rings. The number of hydrogen-bond donors (Lipinski definition) is 1. The molecule has 0 aromatic rings. The molecule has 1 rings (SSSR count). The summed E-state index contributed by atoms with van der Waals surface area (Å²) in [7, 11) is 1.70. The first-order valence-electron chi connectivity index (χ1n) is 6.19. The molecule has 1 saturated carbocycles. The van der Waals surface area contributed by atoms with E-state index in [-0.39, 0.29) is 0 Å². The Balaban J connectivity index is 1.84. The predicted octanol–water partition coefficient (Wildman–Crippen LogP) is 1.91. The van der Waals surface area contributed by atoms with Gasteiger partial charge < -0.3 is 14.8 Å². The van der Waals surface area contributed by atoms with Gasteiger partial charge in [-0.05, 0) is 38.5 Å². The van der Waals surface area contributed by atoms with Gasteiger partial charge in [0.2, 0.25) is 0 Å². The van der Waals surface area contributed by atoms with Crippen LogP contribution in [0, 0.1) is 0 Å². The smallest absolute Gasteiger partial charge is 0.0700 e. The van der Waals surface area contributed by atoms with Crippen molar-refractivity contribution in [1.29, 1.82) is 0 Å². The van der Waals surface area contributed by atoms with Crippen LogP contribution in [-0.2, 0) is 9.47 Å². The van der Waals surface area contributed by atoms with Crippen LogP contribution in [0.3, 0.4) is 0 Å². The summed E-state index contributed by atoms with van der Waals surface area (Å²) in [6.45, 7) is 3.34. The van der Waals surface area contributed by atoms with Gasteiger partial charge in [-0.1, -0.05) is 0 Å². The molecule has 0 bridgehead atoms. The van der Waals surface area contributed by atoms with Gasteiger partial charge >= 0.3 is 0 Å². The van der Waals surface area contributed by atoms with Gasteiger partial charge in [-0.25, -0.2) is 0 Å². The summed E-state index contributed by atoms with van der Waals surface area (Å²) in [6.07, 6.45) is 7.38. The molecule has 0 saturated heterocycles. The zero-order valence-corrected chi connectivity index (χ0v) is 11.4. The van der Waals surface area contributed by atoms with Crippen LogP contribution < -0.4 is 5.32 Å². The van der Waals surface area contributed by atoms with Crippen molar-refractivity contribution in [3.63, 3.8) is 0 Å². The van der Waals surface area contributed by atoms with Crippen LogP contribution in [0.5, 0.6) is 0 Å². The second-order valence-corrected chi connectivity index (χ2v) is 5.42. The first kappa shape index (κ1) is 14.3. The average Bonchev–Trinajstić information content (AvgIpc) is 2.76. The van der Waals surface area contributed by atoms with Crippen LogP contribution in [0.4, 0.5) is 0 Å². The molecule has 0 heterocycles. The van der Waals surface area contributed by atoms with E-state index in [9.17, 15) is 0 Å². The van der Waals surface area contributed by atoms with Crippen LogP contribution in [0.15, 0.2) is 0 Å². The molecule has 2 unspecified atom stereocenters. The normalized spacial score (nSPS) is 25.1. The van der Waals surface area contributed by atoms with E-state index < -0.39 is 0 Å². The Morgan fingerprint density at radius 3 is 2.81 bits per heavy atom. The van der Waals surface area contributed by atoms with Gasteiger partial charge in [0.05, 0.1) is 13.2 Å². The minimum absolute atomic E-state index is 0.700. The van der Waals surface area contributed by atoms with E-state index in [0.29, 0.717) is 13.2 Å². The maximum Gasteiger partial charge on any atom is 0.0700 e. The molecular weight excluding hydrogens is 222 g/mol. The highest BCUT2D eigenvalue weighted by atomic mass is 32.2. The minimum atomic E-state index is 0.700. The molecule has 96 valence electrons. The van der Waals surface area contributed by atoms with Crippen molar-refractivity contribution >= 4 is 11.8 Å². The van der Waals surface area contributed by atoms with Crippen molar-refractivity contribution in [1.82, 2.24) is 5.32 Å². The van der Waals surface area contributed by atoms with E-state index in [0.717, 1.165) is 30.9 Å². The summed E-state index contributed by atoms with van der Waals surface area (Å²) in [4.78, 5) is 0. The standard InChI is InChI=1S/C12H25NO2S/c1-14-8-9-15-7-3-6-13-11-4-5-12(10-11)16-2/h11-13H,3-10H2,1-2H3. The van der Waals surface area contributed by atoms with Gasteiger partial charge in [-0.2, -0.15) is 11.8 Å². The second-order valence-electron chi connectivity index (χ2n) is 4.28. The number of hydrogen-bond acceptors (Lipinski definition) is 4. The van der Waals surface area contributed by atoms with E-state index in [1.165, 1.54) is 19.3 Å². The molecule has 1 fully saturated rings. The molecule has 0 aliphatic heterocycles. The number of methoxy groups -OCH3 is 1. The van der Waals surface area contributed by atoms with Gasteiger partial charge in [0, 0.05) is 25.0 Å². The van der Waals surface area contributed by atoms with Gasteiger partial charge in [-0.15, -0.1) is 0 Å². The van der Waals surface area contributed by atoms with E-state index in [1.807, 2.05) is 11.8 Å². The Labute approximate surface area is 104 Å². The number of rotatable bonds is 9. The van der Waals surface area contributed by atoms with E-state index in [4.69, 9.17) is 9.47 Å². The number of nitrogens with one attached hydrogen (secondary N) is 1. The lowest BCUT2D eigenvalue weighted by Crippen LogP contribution is -2.28. The summed E-state index contributed by atoms with van der Waals surface area (Å²) in [6, 6.07) is 0.747. The summed E-state index contributed by atoms with van der Waals surface area (Å²) < 4.78 is 10.3. The van der Waals surface area contributed by atoms with Crippen LogP contribution in [0.2, 0.25) is 0 Å². The molecule has 2 atom stereocenters. The molecule has 4 heteroatoms. The first-order valence-corrected chi connectivity index (χ1v) is 7.48. The lowest BCUT2D eigenvalue weighted by molar-refractivity contribution is 0.0692. The molecule has 3 nitrogen and oxygen atoms in total. The van der Waals surface area contributed by atoms with Crippen LogP contribution >= 0.6 is 11.8 Å². The first-order chi connectivity index (χ1) is 7.86. The molecule has 0 amide bonds. The van der Waals surface area contributed by atoms with Crippen molar-refractivity contribution in [3.8, 4) is 0 Å². The molecule has 1 aliphatic carbocycles. The largest absolute Gasteiger partial charge is 0.382 e. The third kappa shape index (κ3) is 6.09. The average molecular weight is 247 g/mol. The Morgan fingerprint density at radius 1 is 1.25 bits per heavy atom. The maximum absolute atomic E-state index is 5.41. The van der Waals surface area contributed by atoms with Crippen molar-refractivity contribution < 1.29 is 9.47 Å². The molecule has 0 aromatic carbocycles. The fraction of sp³-hybridized carbons (Fsp3) is 1.00. The van der Waals surface area contributed by atoms with Crippen molar-refractivity contribution in [2.45, 2.75) is 37.0 Å².